The van der Waals surface area contributed by atoms with Gasteiger partial charge in [-0.25, -0.2) is 4.98 Å². The topological polar surface area (TPSA) is 77.5 Å². The molecule has 2 aromatic heterocycles. The fourth-order valence-corrected chi connectivity index (χ4v) is 3.72. The van der Waals surface area contributed by atoms with Crippen LogP contribution in [0, 0.1) is 6.92 Å². The van der Waals surface area contributed by atoms with E-state index in [1.54, 1.807) is 25.3 Å². The fourth-order valence-electron chi connectivity index (χ4n) is 3.72. The van der Waals surface area contributed by atoms with Crippen LogP contribution in [-0.4, -0.2) is 24.0 Å². The summed E-state index contributed by atoms with van der Waals surface area (Å²) in [7, 11) is 0. The van der Waals surface area contributed by atoms with E-state index >= 15 is 0 Å². The maximum atomic E-state index is 12.2. The van der Waals surface area contributed by atoms with Gasteiger partial charge in [0.15, 0.2) is 5.76 Å². The number of nitrogens with one attached hydrogen (secondary N) is 1. The summed E-state index contributed by atoms with van der Waals surface area (Å²) in [6, 6.07) is 12.1. The van der Waals surface area contributed by atoms with Gasteiger partial charge >= 0.3 is 0 Å². The molecule has 0 bridgehead atoms. The van der Waals surface area contributed by atoms with Crippen LogP contribution in [0.15, 0.2) is 51.5 Å². The van der Waals surface area contributed by atoms with Crippen molar-refractivity contribution in [3.05, 3.63) is 65.2 Å². The van der Waals surface area contributed by atoms with Crippen molar-refractivity contribution in [1.82, 2.24) is 10.3 Å². The van der Waals surface area contributed by atoms with Gasteiger partial charge in [0.05, 0.1) is 24.5 Å². The van der Waals surface area contributed by atoms with Crippen molar-refractivity contribution in [2.45, 2.75) is 45.1 Å². The van der Waals surface area contributed by atoms with Crippen molar-refractivity contribution in [2.24, 2.45) is 0 Å². The smallest absolute Gasteiger partial charge is 0.263 e. The van der Waals surface area contributed by atoms with Crippen LogP contribution in [0.3, 0.4) is 0 Å². The summed E-state index contributed by atoms with van der Waals surface area (Å²) >= 11 is 0. The van der Waals surface area contributed by atoms with Crippen molar-refractivity contribution < 1.29 is 18.4 Å². The molecule has 1 amide bonds. The second kappa shape index (κ2) is 9.09. The van der Waals surface area contributed by atoms with E-state index in [0.717, 1.165) is 25.7 Å². The lowest BCUT2D eigenvalue weighted by Crippen LogP contribution is -2.27. The number of furan rings is 1. The molecule has 0 spiro atoms. The van der Waals surface area contributed by atoms with Crippen LogP contribution in [0.25, 0.3) is 11.7 Å². The van der Waals surface area contributed by atoms with Gasteiger partial charge in [-0.15, -0.1) is 0 Å². The molecule has 29 heavy (non-hydrogen) atoms. The zero-order valence-electron chi connectivity index (χ0n) is 16.6. The highest BCUT2D eigenvalue weighted by Gasteiger charge is 2.20. The van der Waals surface area contributed by atoms with Gasteiger partial charge < -0.3 is 18.9 Å². The number of amides is 1. The zero-order chi connectivity index (χ0) is 20.1. The van der Waals surface area contributed by atoms with Crippen molar-refractivity contribution in [1.29, 1.82) is 0 Å². The molecule has 1 aliphatic rings. The molecule has 2 heterocycles. The molecule has 1 N–H and O–H groups in total. The number of carbonyl (C=O) groups is 1. The van der Waals surface area contributed by atoms with E-state index in [1.165, 1.54) is 11.1 Å². The summed E-state index contributed by atoms with van der Waals surface area (Å²) in [5.74, 6) is 1.51. The lowest BCUT2D eigenvalue weighted by atomic mass is 9.89. The van der Waals surface area contributed by atoms with E-state index in [0.29, 0.717) is 36.3 Å². The molecule has 1 unspecified atom stereocenters. The SMILES string of the molecule is Cc1oc(-c2ccco2)nc1CC(=O)NCCCOC1CCCc2ccccc21. The molecule has 1 atom stereocenters. The molecule has 152 valence electrons. The molecular weight excluding hydrogens is 368 g/mol. The predicted molar refractivity (Wildman–Crippen MR) is 108 cm³/mol. The van der Waals surface area contributed by atoms with E-state index in [1.807, 2.05) is 0 Å². The summed E-state index contributed by atoms with van der Waals surface area (Å²) in [6.07, 6.45) is 6.06. The minimum absolute atomic E-state index is 0.0737. The van der Waals surface area contributed by atoms with Gasteiger partial charge in [0.25, 0.3) is 5.89 Å². The Bertz CT molecular complexity index is 946. The first-order valence-electron chi connectivity index (χ1n) is 10.2. The number of rotatable bonds is 8. The number of aryl methyl sites for hydroxylation is 2. The van der Waals surface area contributed by atoms with Gasteiger partial charge in [-0.2, -0.15) is 0 Å². The highest BCUT2D eigenvalue weighted by atomic mass is 16.5. The first-order chi connectivity index (χ1) is 14.2. The van der Waals surface area contributed by atoms with Crippen molar-refractivity contribution in [3.8, 4) is 11.7 Å². The normalized spacial score (nSPS) is 15.8. The molecule has 0 radical (unpaired) electrons. The number of ether oxygens (including phenoxy) is 1. The number of fused-ring (bicyclic) bond motifs is 1. The van der Waals surface area contributed by atoms with Crippen molar-refractivity contribution in [2.75, 3.05) is 13.2 Å². The Hall–Kier alpha value is -2.86. The van der Waals surface area contributed by atoms with Gasteiger partial charge in [0.1, 0.15) is 5.76 Å². The number of benzene rings is 1. The number of aromatic nitrogens is 1. The second-order valence-electron chi connectivity index (χ2n) is 7.33. The van der Waals surface area contributed by atoms with Crippen LogP contribution in [0.1, 0.15) is 47.9 Å². The van der Waals surface area contributed by atoms with Gasteiger partial charge in [-0.05, 0) is 55.9 Å². The number of oxazole rings is 1. The van der Waals surface area contributed by atoms with E-state index < -0.39 is 0 Å². The first kappa shape index (κ1) is 19.5. The molecule has 0 fully saturated rings. The number of hydrogen-bond donors (Lipinski definition) is 1. The lowest BCUT2D eigenvalue weighted by Gasteiger charge is -2.25. The molecule has 1 aliphatic carbocycles. The van der Waals surface area contributed by atoms with E-state index in [-0.39, 0.29) is 18.4 Å². The lowest BCUT2D eigenvalue weighted by molar-refractivity contribution is -0.120. The van der Waals surface area contributed by atoms with Crippen molar-refractivity contribution in [3.63, 3.8) is 0 Å². The molecule has 0 saturated carbocycles. The fraction of sp³-hybridized carbons (Fsp3) is 0.391. The molecule has 0 aliphatic heterocycles. The monoisotopic (exact) mass is 394 g/mol. The third kappa shape index (κ3) is 4.77. The van der Waals surface area contributed by atoms with Gasteiger partial charge in [0.2, 0.25) is 5.91 Å². The molecule has 3 aromatic rings. The predicted octanol–water partition coefficient (Wildman–Crippen LogP) is 4.39. The molecule has 6 nitrogen and oxygen atoms in total. The summed E-state index contributed by atoms with van der Waals surface area (Å²) < 4.78 is 17.0. The Morgan fingerprint density at radius 1 is 1.28 bits per heavy atom. The summed E-state index contributed by atoms with van der Waals surface area (Å²) in [6.45, 7) is 3.01. The quantitative estimate of drug-likeness (QED) is 0.574. The number of hydrogen-bond acceptors (Lipinski definition) is 5. The Kier molecular flexibility index (Phi) is 6.10. The molecule has 4 rings (SSSR count). The average Bonchev–Trinajstić information content (AvgIpc) is 3.38. The second-order valence-corrected chi connectivity index (χ2v) is 7.33. The number of carbonyl (C=O) groups excluding carboxylic acids is 1. The van der Waals surface area contributed by atoms with Crippen LogP contribution in [0.4, 0.5) is 0 Å². The summed E-state index contributed by atoms with van der Waals surface area (Å²) in [4.78, 5) is 16.6. The third-order valence-corrected chi connectivity index (χ3v) is 5.23. The average molecular weight is 394 g/mol. The molecule has 1 aromatic carbocycles. The van der Waals surface area contributed by atoms with E-state index in [2.05, 4.69) is 34.6 Å². The molecule has 6 heteroatoms. The minimum Gasteiger partial charge on any atom is -0.459 e. The Morgan fingerprint density at radius 3 is 3.03 bits per heavy atom. The maximum Gasteiger partial charge on any atom is 0.263 e. The van der Waals surface area contributed by atoms with Crippen LogP contribution in [-0.2, 0) is 22.4 Å². The Morgan fingerprint density at radius 2 is 2.17 bits per heavy atom. The Balaban J connectivity index is 1.20. The number of nitrogens with zero attached hydrogens (tertiary/aromatic N) is 1. The van der Waals surface area contributed by atoms with Crippen LogP contribution in [0.2, 0.25) is 0 Å². The van der Waals surface area contributed by atoms with Gasteiger partial charge in [-0.1, -0.05) is 24.3 Å². The maximum absolute atomic E-state index is 12.2. The highest BCUT2D eigenvalue weighted by Crippen LogP contribution is 2.32. The van der Waals surface area contributed by atoms with E-state index in [4.69, 9.17) is 13.6 Å². The Labute approximate surface area is 170 Å². The van der Waals surface area contributed by atoms with Crippen LogP contribution < -0.4 is 5.32 Å². The summed E-state index contributed by atoms with van der Waals surface area (Å²) in [5.41, 5.74) is 3.34. The zero-order valence-corrected chi connectivity index (χ0v) is 16.6. The molecular formula is C23H26N2O4. The third-order valence-electron chi connectivity index (χ3n) is 5.23. The van der Waals surface area contributed by atoms with Crippen LogP contribution in [0.5, 0.6) is 0 Å². The minimum atomic E-state index is -0.0737. The van der Waals surface area contributed by atoms with Crippen molar-refractivity contribution >= 4 is 5.91 Å². The largest absolute Gasteiger partial charge is 0.459 e. The van der Waals surface area contributed by atoms with E-state index in [9.17, 15) is 4.79 Å². The summed E-state index contributed by atoms with van der Waals surface area (Å²) in [5, 5.41) is 2.94. The van der Waals surface area contributed by atoms with Gasteiger partial charge in [0, 0.05) is 13.2 Å². The van der Waals surface area contributed by atoms with Gasteiger partial charge in [-0.3, -0.25) is 4.79 Å². The molecule has 0 saturated heterocycles. The highest BCUT2D eigenvalue weighted by molar-refractivity contribution is 5.78. The van der Waals surface area contributed by atoms with Crippen LogP contribution >= 0.6 is 0 Å². The first-order valence-corrected chi connectivity index (χ1v) is 10.2. The standard InChI is InChI=1S/C23H26N2O4/c1-16-19(25-23(29-16)21-11-5-13-28-21)15-22(26)24-12-6-14-27-20-10-4-8-17-7-2-3-9-18(17)20/h2-3,5,7,9,11,13,20H,4,6,8,10,12,14-15H2,1H3,(H,24,26).